The van der Waals surface area contributed by atoms with Gasteiger partial charge >= 0.3 is 0 Å². The van der Waals surface area contributed by atoms with Gasteiger partial charge in [0.2, 0.25) is 5.91 Å². The zero-order chi connectivity index (χ0) is 19.2. The minimum absolute atomic E-state index is 0.0570. The van der Waals surface area contributed by atoms with Gasteiger partial charge in [-0.15, -0.1) is 0 Å². The maximum absolute atomic E-state index is 12.8. The van der Waals surface area contributed by atoms with Crippen LogP contribution in [0.4, 0.5) is 5.69 Å². The van der Waals surface area contributed by atoms with E-state index in [4.69, 9.17) is 4.74 Å². The van der Waals surface area contributed by atoms with Crippen molar-refractivity contribution in [1.29, 1.82) is 0 Å². The minimum atomic E-state index is -0.153. The van der Waals surface area contributed by atoms with Crippen molar-refractivity contribution < 1.29 is 9.53 Å². The number of anilines is 1. The summed E-state index contributed by atoms with van der Waals surface area (Å²) >= 11 is 0. The number of nitrogens with one attached hydrogen (secondary N) is 1. The molecule has 1 aliphatic rings. The second-order valence-electron chi connectivity index (χ2n) is 7.01. The number of benzene rings is 2. The number of nitrogens with zero attached hydrogens (tertiary/aromatic N) is 2. The number of rotatable bonds is 6. The van der Waals surface area contributed by atoms with Gasteiger partial charge in [-0.25, -0.2) is 0 Å². The molecule has 3 rings (SSSR count). The Labute approximate surface area is 161 Å². The van der Waals surface area contributed by atoms with Gasteiger partial charge in [0, 0.05) is 37.4 Å². The first-order valence-corrected chi connectivity index (χ1v) is 9.57. The van der Waals surface area contributed by atoms with Gasteiger partial charge in [0.25, 0.3) is 0 Å². The second kappa shape index (κ2) is 8.91. The third kappa shape index (κ3) is 4.61. The van der Waals surface area contributed by atoms with E-state index in [0.29, 0.717) is 0 Å². The quantitative estimate of drug-likeness (QED) is 0.852. The maximum atomic E-state index is 12.8. The van der Waals surface area contributed by atoms with Crippen molar-refractivity contribution in [2.24, 2.45) is 0 Å². The first kappa shape index (κ1) is 19.2. The van der Waals surface area contributed by atoms with Crippen LogP contribution in [-0.4, -0.2) is 50.1 Å². The molecule has 27 heavy (non-hydrogen) atoms. The van der Waals surface area contributed by atoms with Crippen LogP contribution in [0.15, 0.2) is 54.6 Å². The normalized spacial score (nSPS) is 17.2. The molecule has 1 aliphatic heterocycles. The van der Waals surface area contributed by atoms with Gasteiger partial charge in [0.1, 0.15) is 5.75 Å². The summed E-state index contributed by atoms with van der Waals surface area (Å²) < 4.78 is 5.41. The van der Waals surface area contributed by atoms with Crippen LogP contribution in [0.25, 0.3) is 0 Å². The standard InChI is InChI=1S/C22H29N3O2/c1-17(20-11-7-8-12-21(20)27-3)23-22(26)18(2)24-13-15-25(16-14-24)19-9-5-4-6-10-19/h4-12,17-18H,13-16H2,1-3H3,(H,23,26). The second-order valence-corrected chi connectivity index (χ2v) is 7.01. The topological polar surface area (TPSA) is 44.8 Å². The summed E-state index contributed by atoms with van der Waals surface area (Å²) in [5.41, 5.74) is 2.24. The SMILES string of the molecule is COc1ccccc1C(C)NC(=O)C(C)N1CCN(c2ccccc2)CC1. The van der Waals surface area contributed by atoms with E-state index in [1.54, 1.807) is 7.11 Å². The summed E-state index contributed by atoms with van der Waals surface area (Å²) in [5, 5.41) is 3.14. The van der Waals surface area contributed by atoms with Crippen molar-refractivity contribution in [2.75, 3.05) is 38.2 Å². The predicted molar refractivity (Wildman–Crippen MR) is 109 cm³/mol. The van der Waals surface area contributed by atoms with Crippen LogP contribution in [-0.2, 0) is 4.79 Å². The number of carbonyl (C=O) groups excluding carboxylic acids is 1. The highest BCUT2D eigenvalue weighted by atomic mass is 16.5. The van der Waals surface area contributed by atoms with Gasteiger partial charge in [0.15, 0.2) is 0 Å². The Bertz CT molecular complexity index is 742. The molecule has 1 N–H and O–H groups in total. The molecule has 0 radical (unpaired) electrons. The van der Waals surface area contributed by atoms with Gasteiger partial charge in [0.05, 0.1) is 19.2 Å². The van der Waals surface area contributed by atoms with Crippen molar-refractivity contribution >= 4 is 11.6 Å². The van der Waals surface area contributed by atoms with Crippen LogP contribution in [0, 0.1) is 0 Å². The fourth-order valence-electron chi connectivity index (χ4n) is 3.61. The lowest BCUT2D eigenvalue weighted by Gasteiger charge is -2.38. The molecular formula is C22H29N3O2. The van der Waals surface area contributed by atoms with Crippen molar-refractivity contribution in [2.45, 2.75) is 25.9 Å². The van der Waals surface area contributed by atoms with E-state index in [2.05, 4.69) is 39.4 Å². The molecule has 1 heterocycles. The van der Waals surface area contributed by atoms with Crippen molar-refractivity contribution in [3.05, 3.63) is 60.2 Å². The highest BCUT2D eigenvalue weighted by Crippen LogP contribution is 2.24. The molecule has 5 heteroatoms. The maximum Gasteiger partial charge on any atom is 0.237 e. The Hall–Kier alpha value is -2.53. The summed E-state index contributed by atoms with van der Waals surface area (Å²) in [7, 11) is 1.65. The third-order valence-corrected chi connectivity index (χ3v) is 5.33. The number of methoxy groups -OCH3 is 1. The third-order valence-electron chi connectivity index (χ3n) is 5.33. The number of hydrogen-bond donors (Lipinski definition) is 1. The van der Waals surface area contributed by atoms with E-state index >= 15 is 0 Å². The number of carbonyl (C=O) groups is 1. The molecule has 0 saturated carbocycles. The molecule has 2 aromatic rings. The molecule has 2 atom stereocenters. The monoisotopic (exact) mass is 367 g/mol. The number of amides is 1. The summed E-state index contributed by atoms with van der Waals surface area (Å²) in [6.45, 7) is 7.62. The molecule has 0 spiro atoms. The largest absolute Gasteiger partial charge is 0.496 e. The predicted octanol–water partition coefficient (Wildman–Crippen LogP) is 3.08. The summed E-state index contributed by atoms with van der Waals surface area (Å²) in [4.78, 5) is 17.4. The molecule has 0 bridgehead atoms. The molecule has 5 nitrogen and oxygen atoms in total. The van der Waals surface area contributed by atoms with E-state index in [-0.39, 0.29) is 18.0 Å². The van der Waals surface area contributed by atoms with Gasteiger partial charge in [-0.1, -0.05) is 36.4 Å². The lowest BCUT2D eigenvalue weighted by molar-refractivity contribution is -0.126. The van der Waals surface area contributed by atoms with Crippen LogP contribution < -0.4 is 15.0 Å². The van der Waals surface area contributed by atoms with Crippen molar-refractivity contribution in [3.8, 4) is 5.75 Å². The minimum Gasteiger partial charge on any atom is -0.496 e. The van der Waals surface area contributed by atoms with Gasteiger partial charge in [-0.05, 0) is 32.0 Å². The highest BCUT2D eigenvalue weighted by Gasteiger charge is 2.27. The molecule has 0 aromatic heterocycles. The zero-order valence-corrected chi connectivity index (χ0v) is 16.4. The van der Waals surface area contributed by atoms with E-state index in [1.165, 1.54) is 5.69 Å². The van der Waals surface area contributed by atoms with E-state index in [9.17, 15) is 4.79 Å². The Balaban J connectivity index is 1.55. The molecule has 0 aliphatic carbocycles. The van der Waals surface area contributed by atoms with Crippen molar-refractivity contribution in [3.63, 3.8) is 0 Å². The van der Waals surface area contributed by atoms with Gasteiger partial charge in [-0.3, -0.25) is 9.69 Å². The Morgan fingerprint density at radius 3 is 2.26 bits per heavy atom. The number of ether oxygens (including phenoxy) is 1. The van der Waals surface area contributed by atoms with E-state index in [1.807, 2.05) is 44.2 Å². The first-order valence-electron chi connectivity index (χ1n) is 9.57. The highest BCUT2D eigenvalue weighted by molar-refractivity contribution is 5.81. The average Bonchev–Trinajstić information content (AvgIpc) is 2.73. The smallest absolute Gasteiger partial charge is 0.237 e. The fraction of sp³-hybridized carbons (Fsp3) is 0.409. The van der Waals surface area contributed by atoms with Gasteiger partial charge in [-0.2, -0.15) is 0 Å². The number of hydrogen-bond acceptors (Lipinski definition) is 4. The van der Waals surface area contributed by atoms with Crippen LogP contribution >= 0.6 is 0 Å². The summed E-state index contributed by atoms with van der Waals surface area (Å²) in [6.07, 6.45) is 0. The molecule has 2 unspecified atom stereocenters. The molecule has 1 saturated heterocycles. The molecule has 2 aromatic carbocycles. The lowest BCUT2D eigenvalue weighted by Crippen LogP contribution is -2.54. The Morgan fingerprint density at radius 2 is 1.59 bits per heavy atom. The van der Waals surface area contributed by atoms with E-state index in [0.717, 1.165) is 37.5 Å². The van der Waals surface area contributed by atoms with Crippen LogP contribution in [0.2, 0.25) is 0 Å². The van der Waals surface area contributed by atoms with Crippen LogP contribution in [0.1, 0.15) is 25.5 Å². The molecule has 1 amide bonds. The van der Waals surface area contributed by atoms with Crippen molar-refractivity contribution in [1.82, 2.24) is 10.2 Å². The van der Waals surface area contributed by atoms with Crippen LogP contribution in [0.3, 0.4) is 0 Å². The van der Waals surface area contributed by atoms with E-state index < -0.39 is 0 Å². The molecular weight excluding hydrogens is 338 g/mol. The first-order chi connectivity index (χ1) is 13.1. The summed E-state index contributed by atoms with van der Waals surface area (Å²) in [5.74, 6) is 0.857. The molecule has 144 valence electrons. The number of para-hydroxylation sites is 2. The fourth-order valence-corrected chi connectivity index (χ4v) is 3.61. The average molecular weight is 367 g/mol. The lowest BCUT2D eigenvalue weighted by atomic mass is 10.1. The Kier molecular flexibility index (Phi) is 6.35. The number of piperazine rings is 1. The molecule has 1 fully saturated rings. The summed E-state index contributed by atoms with van der Waals surface area (Å²) in [6, 6.07) is 18.0. The zero-order valence-electron chi connectivity index (χ0n) is 16.4. The van der Waals surface area contributed by atoms with Crippen LogP contribution in [0.5, 0.6) is 5.75 Å². The van der Waals surface area contributed by atoms with Gasteiger partial charge < -0.3 is 15.0 Å². The Morgan fingerprint density at radius 1 is 0.963 bits per heavy atom.